The topological polar surface area (TPSA) is 69.7 Å². The Morgan fingerprint density at radius 3 is 2.28 bits per heavy atom. The van der Waals surface area contributed by atoms with Crippen LogP contribution in [0.15, 0.2) is 72.1 Å². The van der Waals surface area contributed by atoms with Crippen LogP contribution in [0.5, 0.6) is 0 Å². The molecule has 2 aromatic carbocycles. The van der Waals surface area contributed by atoms with E-state index in [-0.39, 0.29) is 23.5 Å². The van der Waals surface area contributed by atoms with E-state index in [4.69, 9.17) is 11.6 Å². The molecule has 0 spiro atoms. The molecule has 4 unspecified atom stereocenters. The number of nitrogens with one attached hydrogen (secondary N) is 1. The van der Waals surface area contributed by atoms with Crippen LogP contribution in [0.25, 0.3) is 0 Å². The van der Waals surface area contributed by atoms with E-state index < -0.39 is 23.9 Å². The normalized spacial score (nSPS) is 23.3. The summed E-state index contributed by atoms with van der Waals surface area (Å²) in [6.07, 6.45) is 0.298. The zero-order chi connectivity index (χ0) is 27.5. The summed E-state index contributed by atoms with van der Waals surface area (Å²) >= 11 is 7.79. The minimum atomic E-state index is -0.805. The molecular weight excluding hydrogens is 530 g/mol. The third kappa shape index (κ3) is 5.67. The molecule has 6 nitrogen and oxygen atoms in total. The van der Waals surface area contributed by atoms with Gasteiger partial charge in [0.25, 0.3) is 0 Å². The Hall–Kier alpha value is -3.00. The molecule has 0 radical (unpaired) electrons. The average Bonchev–Trinajstić information content (AvgIpc) is 3.60. The molecule has 4 atom stereocenters. The number of Topliss-reactive ketones (excluding diaryl/α,β-unsaturated/α-hetero) is 1. The summed E-state index contributed by atoms with van der Waals surface area (Å²) in [6, 6.07) is 19.2. The van der Waals surface area contributed by atoms with E-state index in [1.54, 1.807) is 17.0 Å². The molecule has 2 saturated heterocycles. The van der Waals surface area contributed by atoms with Gasteiger partial charge in [-0.25, -0.2) is 0 Å². The summed E-state index contributed by atoms with van der Waals surface area (Å²) in [5.74, 6) is -1.32. The van der Waals surface area contributed by atoms with Gasteiger partial charge in [-0.05, 0) is 35.1 Å². The highest BCUT2D eigenvalue weighted by Crippen LogP contribution is 2.53. The molecule has 8 heteroatoms. The van der Waals surface area contributed by atoms with Crippen LogP contribution in [0.4, 0.5) is 0 Å². The van der Waals surface area contributed by atoms with Crippen LogP contribution in [-0.4, -0.2) is 59.6 Å². The maximum atomic E-state index is 14.4. The molecule has 1 aromatic heterocycles. The first-order chi connectivity index (χ1) is 18.9. The molecule has 3 heterocycles. The van der Waals surface area contributed by atoms with Gasteiger partial charge in [-0.2, -0.15) is 0 Å². The van der Waals surface area contributed by atoms with Crippen molar-refractivity contribution in [2.45, 2.75) is 38.3 Å². The Bertz CT molecular complexity index is 1290. The van der Waals surface area contributed by atoms with Crippen LogP contribution in [0.3, 0.4) is 0 Å². The van der Waals surface area contributed by atoms with Gasteiger partial charge >= 0.3 is 0 Å². The van der Waals surface area contributed by atoms with Gasteiger partial charge in [0.05, 0.1) is 12.0 Å². The average molecular weight is 564 g/mol. The first-order valence-electron chi connectivity index (χ1n) is 13.6. The molecule has 2 aliphatic heterocycles. The second kappa shape index (κ2) is 12.0. The number of likely N-dealkylation sites (tertiary alicyclic amines) is 1. The van der Waals surface area contributed by atoms with Crippen LogP contribution >= 0.6 is 22.9 Å². The third-order valence-corrected chi connectivity index (χ3v) is 8.86. The lowest BCUT2D eigenvalue weighted by Crippen LogP contribution is -2.55. The minimum Gasteiger partial charge on any atom is -0.338 e. The number of halogens is 1. The van der Waals surface area contributed by atoms with Gasteiger partial charge in [0.15, 0.2) is 5.78 Å². The smallest absolute Gasteiger partial charge is 0.246 e. The van der Waals surface area contributed by atoms with Crippen molar-refractivity contribution in [3.05, 3.63) is 93.1 Å². The molecule has 2 aliphatic rings. The van der Waals surface area contributed by atoms with E-state index in [0.29, 0.717) is 43.2 Å². The quantitative estimate of drug-likeness (QED) is 0.390. The van der Waals surface area contributed by atoms with Crippen LogP contribution in [0.1, 0.15) is 53.0 Å². The highest BCUT2D eigenvalue weighted by Gasteiger charge is 2.58. The van der Waals surface area contributed by atoms with Gasteiger partial charge in [-0.15, -0.1) is 11.3 Å². The van der Waals surface area contributed by atoms with Crippen molar-refractivity contribution in [2.75, 3.05) is 26.2 Å². The highest BCUT2D eigenvalue weighted by atomic mass is 35.5. The number of carbonyl (C=O) groups is 3. The van der Waals surface area contributed by atoms with Crippen molar-refractivity contribution in [2.24, 2.45) is 11.8 Å². The number of carbonyl (C=O) groups excluding carboxylic acids is 3. The van der Waals surface area contributed by atoms with E-state index in [9.17, 15) is 14.4 Å². The zero-order valence-corrected chi connectivity index (χ0v) is 23.8. The lowest BCUT2D eigenvalue weighted by molar-refractivity contribution is -0.146. The second-order valence-corrected chi connectivity index (χ2v) is 12.1. The molecule has 2 amide bonds. The van der Waals surface area contributed by atoms with Gasteiger partial charge in [0.2, 0.25) is 11.8 Å². The molecule has 0 aliphatic carbocycles. The summed E-state index contributed by atoms with van der Waals surface area (Å²) < 4.78 is 0. The fraction of sp³-hybridized carbons (Fsp3) is 0.387. The Labute approximate surface area is 239 Å². The fourth-order valence-corrected chi connectivity index (χ4v) is 6.97. The maximum Gasteiger partial charge on any atom is 0.246 e. The SMILES string of the molecule is CC(C)CC(=O)N1C(C(=O)N2CCNCC2)C(c2ccc(Cl)cc2)C(C(=O)c2ccccc2)C1c1cccs1. The van der Waals surface area contributed by atoms with Crippen molar-refractivity contribution < 1.29 is 14.4 Å². The van der Waals surface area contributed by atoms with Gasteiger partial charge in [0, 0.05) is 54.0 Å². The summed E-state index contributed by atoms with van der Waals surface area (Å²) in [7, 11) is 0. The standard InChI is InChI=1S/C31H34ClN3O3S/c1-20(2)19-25(36)35-28(24-9-6-18-39-24)27(30(37)22-7-4-3-5-8-22)26(21-10-12-23(32)13-11-21)29(35)31(38)34-16-14-33-15-17-34/h3-13,18,20,26-29,33H,14-17,19H2,1-2H3. The van der Waals surface area contributed by atoms with Gasteiger partial charge in [-0.1, -0.05) is 74.0 Å². The molecule has 5 rings (SSSR count). The van der Waals surface area contributed by atoms with Crippen molar-refractivity contribution in [1.82, 2.24) is 15.1 Å². The molecule has 1 N–H and O–H groups in total. The molecule has 39 heavy (non-hydrogen) atoms. The van der Waals surface area contributed by atoms with Gasteiger partial charge in [0.1, 0.15) is 6.04 Å². The van der Waals surface area contributed by atoms with Crippen molar-refractivity contribution >= 4 is 40.5 Å². The Balaban J connectivity index is 1.72. The molecule has 0 bridgehead atoms. The van der Waals surface area contributed by atoms with Crippen LogP contribution in [0, 0.1) is 11.8 Å². The van der Waals surface area contributed by atoms with Gasteiger partial charge in [-0.3, -0.25) is 14.4 Å². The monoisotopic (exact) mass is 563 g/mol. The van der Waals surface area contributed by atoms with E-state index in [1.165, 1.54) is 11.3 Å². The lowest BCUT2D eigenvalue weighted by Gasteiger charge is -2.36. The largest absolute Gasteiger partial charge is 0.338 e. The van der Waals surface area contributed by atoms with Crippen molar-refractivity contribution in [1.29, 1.82) is 0 Å². The maximum absolute atomic E-state index is 14.4. The van der Waals surface area contributed by atoms with Crippen molar-refractivity contribution in [3.63, 3.8) is 0 Å². The highest BCUT2D eigenvalue weighted by molar-refractivity contribution is 7.10. The lowest BCUT2D eigenvalue weighted by atomic mass is 9.77. The molecule has 204 valence electrons. The third-order valence-electron chi connectivity index (χ3n) is 7.67. The van der Waals surface area contributed by atoms with E-state index in [2.05, 4.69) is 5.32 Å². The van der Waals surface area contributed by atoms with Gasteiger partial charge < -0.3 is 15.1 Å². The number of hydrogen-bond donors (Lipinski definition) is 1. The van der Waals surface area contributed by atoms with Crippen LogP contribution < -0.4 is 5.32 Å². The number of thiophene rings is 1. The number of nitrogens with zero attached hydrogens (tertiary/aromatic N) is 2. The first kappa shape index (κ1) is 27.6. The Morgan fingerprint density at radius 2 is 1.67 bits per heavy atom. The Kier molecular flexibility index (Phi) is 8.50. The predicted molar refractivity (Wildman–Crippen MR) is 155 cm³/mol. The molecular formula is C31H34ClN3O3S. The second-order valence-electron chi connectivity index (χ2n) is 10.7. The van der Waals surface area contributed by atoms with Crippen molar-refractivity contribution in [3.8, 4) is 0 Å². The van der Waals surface area contributed by atoms with Crippen LogP contribution in [-0.2, 0) is 9.59 Å². The number of ketones is 1. The first-order valence-corrected chi connectivity index (χ1v) is 14.8. The number of piperazine rings is 1. The Morgan fingerprint density at radius 1 is 0.974 bits per heavy atom. The van der Waals surface area contributed by atoms with Crippen LogP contribution in [0.2, 0.25) is 5.02 Å². The fourth-order valence-electron chi connectivity index (χ4n) is 5.97. The molecule has 2 fully saturated rings. The summed E-state index contributed by atoms with van der Waals surface area (Å²) in [5, 5.41) is 5.85. The minimum absolute atomic E-state index is 0.0630. The number of hydrogen-bond acceptors (Lipinski definition) is 5. The molecule has 0 saturated carbocycles. The van der Waals surface area contributed by atoms with E-state index in [0.717, 1.165) is 10.4 Å². The van der Waals surface area contributed by atoms with E-state index >= 15 is 0 Å². The zero-order valence-electron chi connectivity index (χ0n) is 22.3. The summed E-state index contributed by atoms with van der Waals surface area (Å²) in [5.41, 5.74) is 1.41. The summed E-state index contributed by atoms with van der Waals surface area (Å²) in [6.45, 7) is 6.54. The number of benzene rings is 2. The number of amides is 2. The molecule has 3 aromatic rings. The summed E-state index contributed by atoms with van der Waals surface area (Å²) in [4.78, 5) is 47.5. The predicted octanol–water partition coefficient (Wildman–Crippen LogP) is 5.41. The number of rotatable bonds is 7. The van der Waals surface area contributed by atoms with E-state index in [1.807, 2.05) is 78.7 Å².